The Morgan fingerprint density at radius 3 is 1.79 bits per heavy atom. The van der Waals surface area contributed by atoms with E-state index in [9.17, 15) is 0 Å². The molecule has 0 atom stereocenters. The second kappa shape index (κ2) is 14.1. The number of aryl methyl sites for hydroxylation is 1. The van der Waals surface area contributed by atoms with Gasteiger partial charge < -0.3 is 18.5 Å². The van der Waals surface area contributed by atoms with Crippen LogP contribution >= 0.6 is 13.4 Å². The molecule has 0 radical (unpaired) electrons. The molecule has 0 aliphatic carbocycles. The minimum Gasteiger partial charge on any atom is -0.406 e. The van der Waals surface area contributed by atoms with Crippen molar-refractivity contribution >= 4 is 37.1 Å². The zero-order chi connectivity index (χ0) is 21.8. The highest BCUT2D eigenvalue weighted by Gasteiger charge is 2.22. The molecule has 164 valence electrons. The first-order valence-electron chi connectivity index (χ1n) is 9.08. The van der Waals surface area contributed by atoms with Gasteiger partial charge in [0.15, 0.2) is 0 Å². The molecule has 0 aliphatic heterocycles. The molecule has 1 rings (SSSR count). The Morgan fingerprint density at radius 1 is 0.929 bits per heavy atom. The van der Waals surface area contributed by atoms with Gasteiger partial charge in [-0.1, -0.05) is 13.8 Å². The van der Waals surface area contributed by atoms with Gasteiger partial charge in [-0.3, -0.25) is 9.05 Å². The van der Waals surface area contributed by atoms with Crippen LogP contribution in [0.5, 0.6) is 5.88 Å². The molecule has 0 bridgehead atoms. The highest BCUT2D eigenvalue weighted by molar-refractivity contribution is 8.07. The van der Waals surface area contributed by atoms with Gasteiger partial charge in [-0.05, 0) is 46.4 Å². The van der Waals surface area contributed by atoms with Gasteiger partial charge in [0, 0.05) is 29.5 Å². The molecule has 1 aromatic rings. The van der Waals surface area contributed by atoms with Crippen LogP contribution in [0.2, 0.25) is 0 Å². The van der Waals surface area contributed by atoms with Gasteiger partial charge in [0.1, 0.15) is 5.82 Å². The van der Waals surface area contributed by atoms with Gasteiger partial charge in [-0.15, -0.1) is 0 Å². The summed E-state index contributed by atoms with van der Waals surface area (Å²) in [6.07, 6.45) is 0. The number of hydrogen-bond acceptors (Lipinski definition) is 9. The Bertz CT molecular complexity index is 659. The third kappa shape index (κ3) is 11.9. The van der Waals surface area contributed by atoms with Crippen molar-refractivity contribution in [2.45, 2.75) is 54.4 Å². The van der Waals surface area contributed by atoms with Crippen molar-refractivity contribution in [3.05, 3.63) is 17.6 Å². The third-order valence-corrected chi connectivity index (χ3v) is 6.95. The molecule has 0 saturated carbocycles. The molecule has 0 unspecified atom stereocenters. The molecule has 0 amide bonds. The molecular formula is C16H32N2O6P2S2. The summed E-state index contributed by atoms with van der Waals surface area (Å²) in [4.78, 5) is 17.7. The van der Waals surface area contributed by atoms with E-state index in [0.717, 1.165) is 11.5 Å². The van der Waals surface area contributed by atoms with E-state index in [0.29, 0.717) is 32.3 Å². The van der Waals surface area contributed by atoms with Crippen molar-refractivity contribution in [1.29, 1.82) is 0 Å². The van der Waals surface area contributed by atoms with E-state index in [2.05, 4.69) is 21.8 Å². The Labute approximate surface area is 178 Å². The summed E-state index contributed by atoms with van der Waals surface area (Å²) < 4.78 is 26.0. The van der Waals surface area contributed by atoms with Gasteiger partial charge in [-0.25, -0.2) is 4.98 Å². The summed E-state index contributed by atoms with van der Waals surface area (Å²) in [5, 5.41) is 0. The van der Waals surface area contributed by atoms with E-state index >= 15 is 0 Å². The first-order chi connectivity index (χ1) is 13.0. The van der Waals surface area contributed by atoms with E-state index < -0.39 is 13.4 Å². The monoisotopic (exact) mass is 474 g/mol. The van der Waals surface area contributed by atoms with Crippen molar-refractivity contribution in [1.82, 2.24) is 9.97 Å². The summed E-state index contributed by atoms with van der Waals surface area (Å²) in [7, 11) is 0. The fourth-order valence-electron chi connectivity index (χ4n) is 1.75. The Hall–Kier alpha value is -0.0200. The number of nitrogens with zero attached hydrogens (tertiary/aromatic N) is 2. The second-order valence-corrected chi connectivity index (χ2v) is 11.3. The summed E-state index contributed by atoms with van der Waals surface area (Å²) in [6, 6.07) is 1.74. The molecule has 1 aromatic heterocycles. The van der Waals surface area contributed by atoms with E-state index in [-0.39, 0.29) is 5.92 Å². The summed E-state index contributed by atoms with van der Waals surface area (Å²) in [6.45, 7) is 9.23. The predicted octanol–water partition coefficient (Wildman–Crippen LogP) is 4.86. The molecule has 0 saturated heterocycles. The molecule has 8 nitrogen and oxygen atoms in total. The lowest BCUT2D eigenvalue weighted by molar-refractivity contribution is 0.212. The van der Waals surface area contributed by atoms with Crippen molar-refractivity contribution in [3.8, 4) is 5.88 Å². The standard InChI is InChI=1S/C12H21N2O3PS.C4H11O3PS/c1-6-15-18(19,16-7-2)17-11-8-10(5)13-12(14-11)9(3)4;1-3-6-8(5,9)7-4-2/h8-9H,6-7H2,1-5H3;3-4H2,1-2H3,(H,5,9). The summed E-state index contributed by atoms with van der Waals surface area (Å²) in [5.41, 5.74) is 0.836. The molecule has 0 spiro atoms. The number of aromatic nitrogens is 2. The quantitative estimate of drug-likeness (QED) is 0.448. The van der Waals surface area contributed by atoms with Gasteiger partial charge in [0.05, 0.1) is 26.4 Å². The lowest BCUT2D eigenvalue weighted by atomic mass is 10.2. The van der Waals surface area contributed by atoms with Crippen molar-refractivity contribution in [3.63, 3.8) is 0 Å². The average molecular weight is 475 g/mol. The lowest BCUT2D eigenvalue weighted by Crippen LogP contribution is -2.06. The first-order valence-corrected chi connectivity index (χ1v) is 14.2. The Kier molecular flexibility index (Phi) is 14.1. The highest BCUT2D eigenvalue weighted by atomic mass is 32.5. The minimum absolute atomic E-state index is 0.222. The highest BCUT2D eigenvalue weighted by Crippen LogP contribution is 2.49. The van der Waals surface area contributed by atoms with Crippen molar-refractivity contribution in [2.75, 3.05) is 26.4 Å². The molecule has 28 heavy (non-hydrogen) atoms. The predicted molar refractivity (Wildman–Crippen MR) is 119 cm³/mol. The normalized spacial score (nSPS) is 11.9. The third-order valence-electron chi connectivity index (χ3n) is 2.73. The largest absolute Gasteiger partial charge is 0.406 e. The van der Waals surface area contributed by atoms with Crippen LogP contribution in [-0.4, -0.2) is 41.3 Å². The molecule has 1 N–H and O–H groups in total. The van der Waals surface area contributed by atoms with Crippen molar-refractivity contribution in [2.24, 2.45) is 0 Å². The van der Waals surface area contributed by atoms with Crippen LogP contribution in [0, 0.1) is 6.92 Å². The summed E-state index contributed by atoms with van der Waals surface area (Å²) in [5.74, 6) is 1.37. The summed E-state index contributed by atoms with van der Waals surface area (Å²) >= 11 is 9.88. The zero-order valence-corrected chi connectivity index (χ0v) is 21.0. The van der Waals surface area contributed by atoms with Crippen LogP contribution in [-0.2, 0) is 41.7 Å². The number of hydrogen-bond donors (Lipinski definition) is 1. The van der Waals surface area contributed by atoms with Crippen molar-refractivity contribution < 1.29 is 27.5 Å². The van der Waals surface area contributed by atoms with Gasteiger partial charge in [-0.2, -0.15) is 4.98 Å². The van der Waals surface area contributed by atoms with Crippen LogP contribution in [0.25, 0.3) is 0 Å². The maximum absolute atomic E-state index is 9.00. The maximum Gasteiger partial charge on any atom is 0.381 e. The van der Waals surface area contributed by atoms with Gasteiger partial charge >= 0.3 is 13.4 Å². The van der Waals surface area contributed by atoms with Crippen LogP contribution in [0.4, 0.5) is 0 Å². The number of rotatable bonds is 11. The van der Waals surface area contributed by atoms with Gasteiger partial charge in [0.25, 0.3) is 0 Å². The first kappa shape index (κ1) is 28.0. The SMILES string of the molecule is CCOP(=S)(OCC)Oc1cc(C)nc(C(C)C)n1.CCOP(O)(=S)OCC. The molecule has 1 heterocycles. The maximum atomic E-state index is 9.00. The van der Waals surface area contributed by atoms with Crippen LogP contribution in [0.3, 0.4) is 0 Å². The molecule has 0 aromatic carbocycles. The van der Waals surface area contributed by atoms with Crippen LogP contribution in [0.1, 0.15) is 59.0 Å². The fourth-order valence-corrected chi connectivity index (χ4v) is 5.11. The Balaban J connectivity index is 0.000000684. The van der Waals surface area contributed by atoms with E-state index in [1.54, 1.807) is 19.9 Å². The topological polar surface area (TPSA) is 92.2 Å². The van der Waals surface area contributed by atoms with E-state index in [4.69, 9.17) is 39.3 Å². The van der Waals surface area contributed by atoms with E-state index in [1.165, 1.54) is 0 Å². The second-order valence-electron chi connectivity index (χ2n) is 5.54. The molecule has 0 fully saturated rings. The smallest absolute Gasteiger partial charge is 0.381 e. The average Bonchev–Trinajstić information content (AvgIpc) is 2.54. The Morgan fingerprint density at radius 2 is 1.39 bits per heavy atom. The zero-order valence-electron chi connectivity index (χ0n) is 17.6. The minimum atomic E-state index is -2.86. The van der Waals surface area contributed by atoms with E-state index in [1.807, 2.05) is 34.6 Å². The van der Waals surface area contributed by atoms with Crippen LogP contribution in [0.15, 0.2) is 6.07 Å². The fraction of sp³-hybridized carbons (Fsp3) is 0.750. The lowest BCUT2D eigenvalue weighted by Gasteiger charge is -2.20. The molecule has 12 heteroatoms. The van der Waals surface area contributed by atoms with Gasteiger partial charge in [0.2, 0.25) is 5.88 Å². The van der Waals surface area contributed by atoms with Crippen LogP contribution < -0.4 is 4.52 Å². The molecule has 0 aliphatic rings. The molecular weight excluding hydrogens is 442 g/mol.